The zero-order chi connectivity index (χ0) is 11.0. The van der Waals surface area contributed by atoms with E-state index >= 15 is 0 Å². The van der Waals surface area contributed by atoms with Gasteiger partial charge in [-0.3, -0.25) is 9.59 Å². The highest BCUT2D eigenvalue weighted by Gasteiger charge is 2.08. The molecule has 0 N–H and O–H groups in total. The summed E-state index contributed by atoms with van der Waals surface area (Å²) in [5.41, 5.74) is 1.13. The van der Waals surface area contributed by atoms with Crippen molar-refractivity contribution in [1.82, 2.24) is 4.57 Å². The quantitative estimate of drug-likeness (QED) is 0.659. The lowest BCUT2D eigenvalue weighted by Crippen LogP contribution is -2.18. The van der Waals surface area contributed by atoms with Crippen molar-refractivity contribution in [3.63, 3.8) is 0 Å². The van der Waals surface area contributed by atoms with Crippen molar-refractivity contribution in [2.75, 3.05) is 0 Å². The Balaban J connectivity index is 3.01. The molecule has 76 valence electrons. The number of hydrogen-bond donors (Lipinski definition) is 0. The maximum atomic E-state index is 11.6. The van der Waals surface area contributed by atoms with E-state index < -0.39 is 0 Å². The Morgan fingerprint density at radius 2 is 1.93 bits per heavy atom. The van der Waals surface area contributed by atoms with Crippen LogP contribution in [0.2, 0.25) is 0 Å². The van der Waals surface area contributed by atoms with E-state index in [4.69, 9.17) is 0 Å². The van der Waals surface area contributed by atoms with Crippen LogP contribution in [0.15, 0.2) is 35.1 Å². The van der Waals surface area contributed by atoms with Gasteiger partial charge < -0.3 is 4.57 Å². The standard InChI is InChI=1S/C12H11NO2/c1-8(14)10-7-12(15)13(2)11-6-4-3-5-9(10)11/h3-7H,1-2H3. The molecule has 1 heterocycles. The molecule has 0 aliphatic heterocycles. The minimum absolute atomic E-state index is 0.0797. The minimum Gasteiger partial charge on any atom is -0.311 e. The van der Waals surface area contributed by atoms with Gasteiger partial charge in [0.2, 0.25) is 0 Å². The SMILES string of the molecule is CC(=O)c1cc(=O)n(C)c2ccccc12. The molecular weight excluding hydrogens is 190 g/mol. The number of benzene rings is 1. The Hall–Kier alpha value is -1.90. The number of carbonyl (C=O) groups excluding carboxylic acids is 1. The van der Waals surface area contributed by atoms with Crippen LogP contribution < -0.4 is 5.56 Å². The normalized spacial score (nSPS) is 10.5. The molecule has 3 nitrogen and oxygen atoms in total. The minimum atomic E-state index is -0.154. The van der Waals surface area contributed by atoms with Gasteiger partial charge in [0.15, 0.2) is 5.78 Å². The zero-order valence-electron chi connectivity index (χ0n) is 8.65. The highest BCUT2D eigenvalue weighted by Crippen LogP contribution is 2.16. The van der Waals surface area contributed by atoms with Crippen molar-refractivity contribution in [2.45, 2.75) is 6.92 Å². The number of para-hydroxylation sites is 1. The van der Waals surface area contributed by atoms with E-state index in [1.54, 1.807) is 11.6 Å². The van der Waals surface area contributed by atoms with Gasteiger partial charge in [-0.15, -0.1) is 0 Å². The van der Waals surface area contributed by atoms with Gasteiger partial charge in [0, 0.05) is 24.1 Å². The molecule has 0 unspecified atom stereocenters. The summed E-state index contributed by atoms with van der Waals surface area (Å²) >= 11 is 0. The summed E-state index contributed by atoms with van der Waals surface area (Å²) in [5, 5.41) is 0.826. The van der Waals surface area contributed by atoms with Crippen molar-refractivity contribution < 1.29 is 4.79 Å². The monoisotopic (exact) mass is 201 g/mol. The van der Waals surface area contributed by atoms with Gasteiger partial charge in [0.05, 0.1) is 5.52 Å². The van der Waals surface area contributed by atoms with Gasteiger partial charge >= 0.3 is 0 Å². The fourth-order valence-electron chi connectivity index (χ4n) is 1.70. The lowest BCUT2D eigenvalue weighted by Gasteiger charge is -2.07. The molecule has 15 heavy (non-hydrogen) atoms. The highest BCUT2D eigenvalue weighted by molar-refractivity contribution is 6.06. The van der Waals surface area contributed by atoms with Gasteiger partial charge in [-0.05, 0) is 13.0 Å². The number of pyridine rings is 1. The summed E-state index contributed by atoms with van der Waals surface area (Å²) in [5.74, 6) is -0.0797. The van der Waals surface area contributed by atoms with Gasteiger partial charge in [0.1, 0.15) is 0 Å². The van der Waals surface area contributed by atoms with Crippen LogP contribution >= 0.6 is 0 Å². The number of aromatic nitrogens is 1. The average Bonchev–Trinajstić information content (AvgIpc) is 2.23. The Morgan fingerprint density at radius 3 is 2.60 bits per heavy atom. The number of rotatable bonds is 1. The first-order valence-electron chi connectivity index (χ1n) is 4.71. The second-order valence-corrected chi connectivity index (χ2v) is 3.53. The molecule has 0 atom stereocenters. The summed E-state index contributed by atoms with van der Waals surface area (Å²) < 4.78 is 1.54. The Morgan fingerprint density at radius 1 is 1.27 bits per heavy atom. The predicted molar refractivity (Wildman–Crippen MR) is 59.2 cm³/mol. The van der Waals surface area contributed by atoms with E-state index in [9.17, 15) is 9.59 Å². The summed E-state index contributed by atoms with van der Waals surface area (Å²) in [6, 6.07) is 8.80. The Kier molecular flexibility index (Phi) is 2.15. The maximum absolute atomic E-state index is 11.6. The fraction of sp³-hybridized carbons (Fsp3) is 0.167. The van der Waals surface area contributed by atoms with Crippen molar-refractivity contribution in [3.05, 3.63) is 46.2 Å². The van der Waals surface area contributed by atoms with Crippen molar-refractivity contribution in [3.8, 4) is 0 Å². The molecule has 0 spiro atoms. The first-order valence-corrected chi connectivity index (χ1v) is 4.71. The number of carbonyl (C=O) groups is 1. The molecule has 0 saturated carbocycles. The highest BCUT2D eigenvalue weighted by atomic mass is 16.1. The summed E-state index contributed by atoms with van der Waals surface area (Å²) in [7, 11) is 1.70. The largest absolute Gasteiger partial charge is 0.311 e. The number of ketones is 1. The van der Waals surface area contributed by atoms with Crippen molar-refractivity contribution in [2.24, 2.45) is 7.05 Å². The molecule has 0 fully saturated rings. The van der Waals surface area contributed by atoms with Crippen LogP contribution in [0, 0.1) is 0 Å². The zero-order valence-corrected chi connectivity index (χ0v) is 8.65. The third-order valence-corrected chi connectivity index (χ3v) is 2.53. The second kappa shape index (κ2) is 3.35. The summed E-state index contributed by atoms with van der Waals surface area (Å²) in [4.78, 5) is 22.9. The third kappa shape index (κ3) is 1.46. The molecule has 2 rings (SSSR count). The number of hydrogen-bond acceptors (Lipinski definition) is 2. The maximum Gasteiger partial charge on any atom is 0.251 e. The van der Waals surface area contributed by atoms with Crippen molar-refractivity contribution >= 4 is 16.7 Å². The van der Waals surface area contributed by atoms with Crippen LogP contribution in [-0.2, 0) is 7.05 Å². The molecule has 0 aliphatic carbocycles. The molecule has 3 heteroatoms. The first-order chi connectivity index (χ1) is 7.11. The topological polar surface area (TPSA) is 39.1 Å². The van der Waals surface area contributed by atoms with E-state index in [0.29, 0.717) is 5.56 Å². The second-order valence-electron chi connectivity index (χ2n) is 3.53. The number of fused-ring (bicyclic) bond motifs is 1. The van der Waals surface area contributed by atoms with Crippen molar-refractivity contribution in [1.29, 1.82) is 0 Å². The van der Waals surface area contributed by atoms with Gasteiger partial charge in [0.25, 0.3) is 5.56 Å². The number of nitrogens with zero attached hydrogens (tertiary/aromatic N) is 1. The summed E-state index contributed by atoms with van der Waals surface area (Å²) in [6.07, 6.45) is 0. The van der Waals surface area contributed by atoms with Crippen LogP contribution in [0.5, 0.6) is 0 Å². The van der Waals surface area contributed by atoms with E-state index in [1.165, 1.54) is 13.0 Å². The van der Waals surface area contributed by atoms with Crippen LogP contribution in [0.25, 0.3) is 10.9 Å². The van der Waals surface area contributed by atoms with E-state index in [0.717, 1.165) is 10.9 Å². The third-order valence-electron chi connectivity index (χ3n) is 2.53. The number of aryl methyl sites for hydroxylation is 1. The lowest BCUT2D eigenvalue weighted by atomic mass is 10.1. The van der Waals surface area contributed by atoms with Gasteiger partial charge in [-0.1, -0.05) is 18.2 Å². The molecule has 0 saturated heterocycles. The fourth-order valence-corrected chi connectivity index (χ4v) is 1.70. The Bertz CT molecular complexity index is 596. The van der Waals surface area contributed by atoms with Crippen LogP contribution in [0.3, 0.4) is 0 Å². The molecule has 1 aromatic heterocycles. The number of Topliss-reactive ketones (excluding diaryl/α,β-unsaturated/α-hetero) is 1. The van der Waals surface area contributed by atoms with Crippen LogP contribution in [0.1, 0.15) is 17.3 Å². The predicted octanol–water partition coefficient (Wildman–Crippen LogP) is 1.74. The van der Waals surface area contributed by atoms with E-state index in [1.807, 2.05) is 24.3 Å². The lowest BCUT2D eigenvalue weighted by molar-refractivity contribution is 0.101. The van der Waals surface area contributed by atoms with Crippen LogP contribution in [-0.4, -0.2) is 10.4 Å². The van der Waals surface area contributed by atoms with Crippen LogP contribution in [0.4, 0.5) is 0 Å². The molecule has 0 aliphatic rings. The average molecular weight is 201 g/mol. The smallest absolute Gasteiger partial charge is 0.251 e. The van der Waals surface area contributed by atoms with Gasteiger partial charge in [-0.25, -0.2) is 0 Å². The molecular formula is C12H11NO2. The molecule has 0 radical (unpaired) electrons. The molecule has 1 aromatic carbocycles. The molecule has 0 amide bonds. The molecule has 0 bridgehead atoms. The van der Waals surface area contributed by atoms with Gasteiger partial charge in [-0.2, -0.15) is 0 Å². The Labute approximate surface area is 87.0 Å². The summed E-state index contributed by atoms with van der Waals surface area (Å²) in [6.45, 7) is 1.47. The molecule has 2 aromatic rings. The van der Waals surface area contributed by atoms with E-state index in [2.05, 4.69) is 0 Å². The van der Waals surface area contributed by atoms with E-state index in [-0.39, 0.29) is 11.3 Å². The first kappa shape index (κ1) is 9.65.